The lowest BCUT2D eigenvalue weighted by molar-refractivity contribution is 0.00838. The summed E-state index contributed by atoms with van der Waals surface area (Å²) in [6, 6.07) is 8.19. The third-order valence-electron chi connectivity index (χ3n) is 6.45. The molecule has 30 heavy (non-hydrogen) atoms. The van der Waals surface area contributed by atoms with E-state index in [9.17, 15) is 0 Å². The maximum absolute atomic E-state index is 6.81. The first-order chi connectivity index (χ1) is 14.6. The van der Waals surface area contributed by atoms with Crippen molar-refractivity contribution in [3.8, 4) is 11.1 Å². The molecule has 2 aliphatic heterocycles. The van der Waals surface area contributed by atoms with Crippen LogP contribution in [0.3, 0.4) is 0 Å². The van der Waals surface area contributed by atoms with E-state index >= 15 is 0 Å². The molecular weight excluding hydrogens is 398 g/mol. The molecule has 2 saturated heterocycles. The van der Waals surface area contributed by atoms with Crippen LogP contribution in [-0.2, 0) is 4.74 Å². The second kappa shape index (κ2) is 6.44. The van der Waals surface area contributed by atoms with Crippen LogP contribution in [0.15, 0.2) is 49.1 Å². The Balaban J connectivity index is 1.41. The minimum Gasteiger partial charge on any atom is -0.497 e. The van der Waals surface area contributed by atoms with Gasteiger partial charge in [-0.2, -0.15) is 5.10 Å². The highest BCUT2D eigenvalue weighted by atomic mass is 35.5. The van der Waals surface area contributed by atoms with Crippen molar-refractivity contribution < 1.29 is 4.74 Å². The SMILES string of the molecule is C=C1OCC1C1CN(c2ncnc3cc(-c4c(C)ccc5[nH]ncc45)c(Cl)cc23)C1. The van der Waals surface area contributed by atoms with Crippen LogP contribution in [0, 0.1) is 18.8 Å². The summed E-state index contributed by atoms with van der Waals surface area (Å²) in [6.45, 7) is 8.75. The number of ether oxygens (including phenoxy) is 1. The van der Waals surface area contributed by atoms with Gasteiger partial charge in [0, 0.05) is 40.4 Å². The number of nitrogens with zero attached hydrogens (tertiary/aromatic N) is 4. The van der Waals surface area contributed by atoms with Crippen LogP contribution in [0.1, 0.15) is 5.56 Å². The molecule has 4 aromatic rings. The van der Waals surface area contributed by atoms with Crippen LogP contribution in [0.4, 0.5) is 5.82 Å². The zero-order valence-electron chi connectivity index (χ0n) is 16.5. The summed E-state index contributed by atoms with van der Waals surface area (Å²) < 4.78 is 5.35. The molecule has 2 aliphatic rings. The van der Waals surface area contributed by atoms with Gasteiger partial charge < -0.3 is 9.64 Å². The van der Waals surface area contributed by atoms with Crippen molar-refractivity contribution in [1.29, 1.82) is 0 Å². The molecule has 2 fully saturated rings. The summed E-state index contributed by atoms with van der Waals surface area (Å²) in [5.74, 6) is 2.91. The van der Waals surface area contributed by atoms with Crippen LogP contribution in [-0.4, -0.2) is 39.9 Å². The van der Waals surface area contributed by atoms with Gasteiger partial charge in [-0.15, -0.1) is 0 Å². The Kier molecular flexibility index (Phi) is 3.80. The van der Waals surface area contributed by atoms with Gasteiger partial charge in [0.1, 0.15) is 12.1 Å². The smallest absolute Gasteiger partial charge is 0.139 e. The molecule has 1 unspecified atom stereocenters. The fraction of sp³-hybridized carbons (Fsp3) is 0.261. The van der Waals surface area contributed by atoms with Gasteiger partial charge in [0.2, 0.25) is 0 Å². The van der Waals surface area contributed by atoms with E-state index in [-0.39, 0.29) is 0 Å². The predicted molar refractivity (Wildman–Crippen MR) is 119 cm³/mol. The molecule has 2 aromatic heterocycles. The van der Waals surface area contributed by atoms with Crippen LogP contribution in [0.5, 0.6) is 0 Å². The molecule has 150 valence electrons. The summed E-state index contributed by atoms with van der Waals surface area (Å²) in [6.07, 6.45) is 3.49. The van der Waals surface area contributed by atoms with Crippen molar-refractivity contribution in [1.82, 2.24) is 20.2 Å². The molecule has 7 heteroatoms. The van der Waals surface area contributed by atoms with Crippen molar-refractivity contribution in [2.24, 2.45) is 11.8 Å². The number of aromatic amines is 1. The molecule has 0 amide bonds. The standard InChI is InChI=1S/C23H20ClN5O/c1-12-3-4-20-17(7-27-28-20)22(12)15-6-21-16(5-19(15)24)23(26-11-25-21)29-8-14(9-29)18-10-30-13(18)2/h3-7,11,14,18H,2,8-10H2,1H3,(H,27,28). The van der Waals surface area contributed by atoms with Gasteiger partial charge in [0.05, 0.1) is 35.5 Å². The number of anilines is 1. The Morgan fingerprint density at radius 1 is 1.20 bits per heavy atom. The summed E-state index contributed by atoms with van der Waals surface area (Å²) in [5, 5.41) is 9.96. The predicted octanol–water partition coefficient (Wildman–Crippen LogP) is 4.73. The first-order valence-electron chi connectivity index (χ1n) is 10.0. The third-order valence-corrected chi connectivity index (χ3v) is 6.76. The van der Waals surface area contributed by atoms with E-state index in [0.717, 1.165) is 69.8 Å². The molecule has 0 radical (unpaired) electrons. The highest BCUT2D eigenvalue weighted by Gasteiger charge is 2.41. The maximum Gasteiger partial charge on any atom is 0.139 e. The van der Waals surface area contributed by atoms with E-state index in [2.05, 4.69) is 50.7 Å². The van der Waals surface area contributed by atoms with E-state index in [1.165, 1.54) is 0 Å². The first kappa shape index (κ1) is 17.7. The van der Waals surface area contributed by atoms with Crippen molar-refractivity contribution in [3.63, 3.8) is 0 Å². The minimum atomic E-state index is 0.475. The number of fused-ring (bicyclic) bond motifs is 2. The topological polar surface area (TPSA) is 66.9 Å². The molecular formula is C23H20ClN5O. The van der Waals surface area contributed by atoms with Crippen molar-refractivity contribution in [3.05, 3.63) is 59.7 Å². The van der Waals surface area contributed by atoms with Crippen LogP contribution < -0.4 is 4.90 Å². The van der Waals surface area contributed by atoms with E-state index in [4.69, 9.17) is 16.3 Å². The van der Waals surface area contributed by atoms with Gasteiger partial charge in [-0.05, 0) is 36.2 Å². The molecule has 0 spiro atoms. The number of hydrogen-bond donors (Lipinski definition) is 1. The Hall–Kier alpha value is -3.12. The number of aromatic nitrogens is 4. The number of benzene rings is 2. The zero-order valence-corrected chi connectivity index (χ0v) is 17.3. The first-order valence-corrected chi connectivity index (χ1v) is 10.4. The molecule has 0 saturated carbocycles. The lowest BCUT2D eigenvalue weighted by Gasteiger charge is -2.47. The molecule has 0 aliphatic carbocycles. The molecule has 1 N–H and O–H groups in total. The fourth-order valence-electron chi connectivity index (χ4n) is 4.63. The van der Waals surface area contributed by atoms with Gasteiger partial charge in [-0.1, -0.05) is 24.2 Å². The van der Waals surface area contributed by atoms with Gasteiger partial charge in [-0.3, -0.25) is 5.10 Å². The van der Waals surface area contributed by atoms with Crippen molar-refractivity contribution in [2.45, 2.75) is 6.92 Å². The van der Waals surface area contributed by atoms with Crippen LogP contribution in [0.25, 0.3) is 32.9 Å². The number of H-pyrrole nitrogens is 1. The quantitative estimate of drug-likeness (QED) is 0.522. The molecule has 0 bridgehead atoms. The zero-order chi connectivity index (χ0) is 20.4. The van der Waals surface area contributed by atoms with Crippen molar-refractivity contribution in [2.75, 3.05) is 24.6 Å². The molecule has 1 atom stereocenters. The number of aryl methyl sites for hydroxylation is 1. The highest BCUT2D eigenvalue weighted by molar-refractivity contribution is 6.35. The normalized spacial score (nSPS) is 19.1. The summed E-state index contributed by atoms with van der Waals surface area (Å²) in [5.41, 5.74) is 5.07. The Morgan fingerprint density at radius 3 is 2.83 bits per heavy atom. The molecule has 6 rings (SSSR count). The second-order valence-electron chi connectivity index (χ2n) is 8.18. The lowest BCUT2D eigenvalue weighted by Crippen LogP contribution is -2.54. The minimum absolute atomic E-state index is 0.475. The molecule has 4 heterocycles. The van der Waals surface area contributed by atoms with Crippen molar-refractivity contribution >= 4 is 39.2 Å². The summed E-state index contributed by atoms with van der Waals surface area (Å²) >= 11 is 6.81. The van der Waals surface area contributed by atoms with E-state index < -0.39 is 0 Å². The second-order valence-corrected chi connectivity index (χ2v) is 8.59. The largest absolute Gasteiger partial charge is 0.497 e. The van der Waals surface area contributed by atoms with Gasteiger partial charge >= 0.3 is 0 Å². The average Bonchev–Trinajstić information content (AvgIpc) is 3.17. The third kappa shape index (κ3) is 2.53. The molecule has 6 nitrogen and oxygen atoms in total. The van der Waals surface area contributed by atoms with Crippen LogP contribution in [0.2, 0.25) is 5.02 Å². The maximum atomic E-state index is 6.81. The van der Waals surface area contributed by atoms with Crippen LogP contribution >= 0.6 is 11.6 Å². The van der Waals surface area contributed by atoms with Gasteiger partial charge in [0.15, 0.2) is 0 Å². The monoisotopic (exact) mass is 417 g/mol. The van der Waals surface area contributed by atoms with E-state index in [0.29, 0.717) is 16.9 Å². The summed E-state index contributed by atoms with van der Waals surface area (Å²) in [7, 11) is 0. The Morgan fingerprint density at radius 2 is 2.07 bits per heavy atom. The van der Waals surface area contributed by atoms with Gasteiger partial charge in [-0.25, -0.2) is 9.97 Å². The Bertz CT molecular complexity index is 1320. The lowest BCUT2D eigenvalue weighted by atomic mass is 9.82. The highest BCUT2D eigenvalue weighted by Crippen LogP contribution is 2.42. The number of nitrogens with one attached hydrogen (secondary N) is 1. The number of halogens is 1. The average molecular weight is 418 g/mol. The number of rotatable bonds is 3. The summed E-state index contributed by atoms with van der Waals surface area (Å²) in [4.78, 5) is 11.4. The Labute approximate surface area is 178 Å². The fourth-order valence-corrected chi connectivity index (χ4v) is 4.89. The van der Waals surface area contributed by atoms with E-state index in [1.807, 2.05) is 18.3 Å². The van der Waals surface area contributed by atoms with Gasteiger partial charge in [0.25, 0.3) is 0 Å². The molecule has 2 aromatic carbocycles. The van der Waals surface area contributed by atoms with E-state index in [1.54, 1.807) is 6.33 Å². The number of hydrogen-bond acceptors (Lipinski definition) is 5.